The Labute approximate surface area is 130 Å². The van der Waals surface area contributed by atoms with Gasteiger partial charge in [-0.25, -0.2) is 0 Å². The molecular formula is C16H31ClN2O. The Morgan fingerprint density at radius 1 is 1.30 bits per heavy atom. The molecule has 4 heteroatoms. The quantitative estimate of drug-likeness (QED) is 0.764. The molecule has 0 aromatic carbocycles. The van der Waals surface area contributed by atoms with Crippen LogP contribution in [0.1, 0.15) is 59.3 Å². The number of carbonyl (C=O) groups excluding carboxylic acids is 1. The molecule has 118 valence electrons. The molecule has 1 heterocycles. The van der Waals surface area contributed by atoms with Gasteiger partial charge in [-0.1, -0.05) is 19.8 Å². The lowest BCUT2D eigenvalue weighted by Gasteiger charge is -2.29. The molecule has 1 aliphatic heterocycles. The predicted molar refractivity (Wildman–Crippen MR) is 86.3 cm³/mol. The van der Waals surface area contributed by atoms with E-state index in [4.69, 9.17) is 0 Å². The molecule has 0 aromatic rings. The maximum atomic E-state index is 12.7. The van der Waals surface area contributed by atoms with Crippen LogP contribution in [0.3, 0.4) is 0 Å². The second-order valence-corrected chi connectivity index (χ2v) is 6.70. The third kappa shape index (κ3) is 3.88. The van der Waals surface area contributed by atoms with E-state index in [1.165, 1.54) is 25.7 Å². The summed E-state index contributed by atoms with van der Waals surface area (Å²) in [5.74, 6) is 0.770. The summed E-state index contributed by atoms with van der Waals surface area (Å²) in [6.07, 6.45) is 7.15. The maximum absolute atomic E-state index is 12.7. The summed E-state index contributed by atoms with van der Waals surface area (Å²) >= 11 is 0. The van der Waals surface area contributed by atoms with E-state index in [1.54, 1.807) is 0 Å². The molecule has 0 bridgehead atoms. The minimum atomic E-state index is 0. The van der Waals surface area contributed by atoms with Crippen LogP contribution in [-0.2, 0) is 4.79 Å². The lowest BCUT2D eigenvalue weighted by molar-refractivity contribution is -0.135. The molecule has 1 unspecified atom stereocenters. The highest BCUT2D eigenvalue weighted by molar-refractivity contribution is 5.85. The van der Waals surface area contributed by atoms with Crippen LogP contribution in [0, 0.1) is 11.3 Å². The van der Waals surface area contributed by atoms with Gasteiger partial charge in [0.1, 0.15) is 0 Å². The van der Waals surface area contributed by atoms with Crippen LogP contribution in [0.25, 0.3) is 0 Å². The molecule has 1 atom stereocenters. The minimum Gasteiger partial charge on any atom is -0.340 e. The Balaban J connectivity index is 0.00000200. The van der Waals surface area contributed by atoms with Crippen LogP contribution in [0.4, 0.5) is 0 Å². The van der Waals surface area contributed by atoms with Crippen LogP contribution in [0.15, 0.2) is 0 Å². The number of hydrogen-bond acceptors (Lipinski definition) is 2. The first kappa shape index (κ1) is 17.8. The van der Waals surface area contributed by atoms with Gasteiger partial charge in [0.25, 0.3) is 0 Å². The zero-order valence-electron chi connectivity index (χ0n) is 13.3. The molecule has 1 spiro atoms. The normalized spacial score (nSPS) is 23.5. The van der Waals surface area contributed by atoms with E-state index in [2.05, 4.69) is 31.0 Å². The zero-order valence-corrected chi connectivity index (χ0v) is 14.1. The fourth-order valence-corrected chi connectivity index (χ4v) is 3.53. The SMILES string of the molecule is CCCCCN(C(=O)C1CC12CCNCC2)C(C)C.Cl. The molecular weight excluding hydrogens is 272 g/mol. The maximum Gasteiger partial charge on any atom is 0.226 e. The van der Waals surface area contributed by atoms with Gasteiger partial charge in [0.05, 0.1) is 0 Å². The number of amides is 1. The molecule has 1 amide bonds. The second-order valence-electron chi connectivity index (χ2n) is 6.70. The van der Waals surface area contributed by atoms with E-state index >= 15 is 0 Å². The van der Waals surface area contributed by atoms with Crippen LogP contribution in [0.2, 0.25) is 0 Å². The average Bonchev–Trinajstić information content (AvgIpc) is 3.08. The molecule has 1 saturated heterocycles. The van der Waals surface area contributed by atoms with Crippen molar-refractivity contribution in [1.29, 1.82) is 0 Å². The fourth-order valence-electron chi connectivity index (χ4n) is 3.53. The average molecular weight is 303 g/mol. The number of nitrogens with zero attached hydrogens (tertiary/aromatic N) is 1. The third-order valence-electron chi connectivity index (χ3n) is 5.00. The van der Waals surface area contributed by atoms with E-state index in [1.807, 2.05) is 0 Å². The summed E-state index contributed by atoms with van der Waals surface area (Å²) in [6.45, 7) is 9.67. The summed E-state index contributed by atoms with van der Waals surface area (Å²) in [5, 5.41) is 3.41. The molecule has 3 nitrogen and oxygen atoms in total. The standard InChI is InChI=1S/C16H30N2O.ClH/c1-4-5-6-11-18(13(2)3)15(19)14-12-16(14)7-9-17-10-8-16;/h13-14,17H,4-12H2,1-3H3;1H. The molecule has 20 heavy (non-hydrogen) atoms. The first-order chi connectivity index (χ1) is 9.10. The van der Waals surface area contributed by atoms with Crippen LogP contribution < -0.4 is 5.32 Å². The van der Waals surface area contributed by atoms with E-state index in [9.17, 15) is 4.79 Å². The number of piperidine rings is 1. The number of hydrogen-bond donors (Lipinski definition) is 1. The Bertz CT molecular complexity index is 314. The fraction of sp³-hybridized carbons (Fsp3) is 0.938. The van der Waals surface area contributed by atoms with Crippen LogP contribution in [0.5, 0.6) is 0 Å². The van der Waals surface area contributed by atoms with Crippen LogP contribution >= 0.6 is 12.4 Å². The van der Waals surface area contributed by atoms with Gasteiger partial charge >= 0.3 is 0 Å². The van der Waals surface area contributed by atoms with Crippen molar-refractivity contribution in [3.05, 3.63) is 0 Å². The smallest absolute Gasteiger partial charge is 0.226 e. The highest BCUT2D eigenvalue weighted by Gasteiger charge is 2.58. The number of unbranched alkanes of at least 4 members (excludes halogenated alkanes) is 2. The lowest BCUT2D eigenvalue weighted by atomic mass is 9.91. The monoisotopic (exact) mass is 302 g/mol. The van der Waals surface area contributed by atoms with Crippen molar-refractivity contribution in [2.75, 3.05) is 19.6 Å². The van der Waals surface area contributed by atoms with Crippen molar-refractivity contribution in [3.8, 4) is 0 Å². The number of nitrogens with one attached hydrogen (secondary N) is 1. The highest BCUT2D eigenvalue weighted by atomic mass is 35.5. The van der Waals surface area contributed by atoms with Crippen molar-refractivity contribution >= 4 is 18.3 Å². The molecule has 1 aliphatic carbocycles. The number of halogens is 1. The summed E-state index contributed by atoms with van der Waals surface area (Å²) < 4.78 is 0. The molecule has 1 N–H and O–H groups in total. The van der Waals surface area contributed by atoms with E-state index in [0.29, 0.717) is 23.3 Å². The third-order valence-corrected chi connectivity index (χ3v) is 5.00. The summed E-state index contributed by atoms with van der Waals surface area (Å²) in [7, 11) is 0. The van der Waals surface area contributed by atoms with E-state index in [0.717, 1.165) is 32.5 Å². The highest BCUT2D eigenvalue weighted by Crippen LogP contribution is 2.59. The molecule has 2 aliphatic rings. The molecule has 2 rings (SSSR count). The first-order valence-electron chi connectivity index (χ1n) is 8.12. The number of carbonyl (C=O) groups is 1. The zero-order chi connectivity index (χ0) is 13.9. The minimum absolute atomic E-state index is 0. The van der Waals surface area contributed by atoms with Crippen molar-refractivity contribution in [1.82, 2.24) is 10.2 Å². The van der Waals surface area contributed by atoms with Crippen molar-refractivity contribution in [2.24, 2.45) is 11.3 Å². The van der Waals surface area contributed by atoms with Gasteiger partial charge in [0, 0.05) is 18.5 Å². The van der Waals surface area contributed by atoms with Gasteiger partial charge in [-0.3, -0.25) is 4.79 Å². The molecule has 0 radical (unpaired) electrons. The predicted octanol–water partition coefficient (Wildman–Crippen LogP) is 3.23. The van der Waals surface area contributed by atoms with Gasteiger partial charge in [-0.15, -0.1) is 12.4 Å². The van der Waals surface area contributed by atoms with E-state index < -0.39 is 0 Å². The van der Waals surface area contributed by atoms with Crippen molar-refractivity contribution in [2.45, 2.75) is 65.3 Å². The van der Waals surface area contributed by atoms with Gasteiger partial charge in [0.15, 0.2) is 0 Å². The van der Waals surface area contributed by atoms with E-state index in [-0.39, 0.29) is 12.4 Å². The lowest BCUT2D eigenvalue weighted by Crippen LogP contribution is -2.41. The van der Waals surface area contributed by atoms with Gasteiger partial charge in [0.2, 0.25) is 5.91 Å². The largest absolute Gasteiger partial charge is 0.340 e. The molecule has 1 saturated carbocycles. The van der Waals surface area contributed by atoms with Crippen molar-refractivity contribution in [3.63, 3.8) is 0 Å². The molecule has 2 fully saturated rings. The summed E-state index contributed by atoms with van der Waals surface area (Å²) in [6, 6.07) is 0.351. The number of rotatable bonds is 6. The first-order valence-corrected chi connectivity index (χ1v) is 8.12. The summed E-state index contributed by atoms with van der Waals surface area (Å²) in [4.78, 5) is 14.9. The Morgan fingerprint density at radius 2 is 1.95 bits per heavy atom. The molecule has 0 aromatic heterocycles. The van der Waals surface area contributed by atoms with Gasteiger partial charge in [-0.2, -0.15) is 0 Å². The van der Waals surface area contributed by atoms with Crippen LogP contribution in [-0.4, -0.2) is 36.5 Å². The van der Waals surface area contributed by atoms with Gasteiger partial charge < -0.3 is 10.2 Å². The van der Waals surface area contributed by atoms with Gasteiger partial charge in [-0.05, 0) is 58.0 Å². The van der Waals surface area contributed by atoms with Crippen molar-refractivity contribution < 1.29 is 4.79 Å². The second kappa shape index (κ2) is 7.65. The summed E-state index contributed by atoms with van der Waals surface area (Å²) in [5.41, 5.74) is 0.375. The Morgan fingerprint density at radius 3 is 2.50 bits per heavy atom. The topological polar surface area (TPSA) is 32.3 Å². The Hall–Kier alpha value is -0.280. The Kier molecular flexibility index (Phi) is 6.80.